The fourth-order valence-electron chi connectivity index (χ4n) is 4.53. The van der Waals surface area contributed by atoms with Crippen LogP contribution in [0.3, 0.4) is 0 Å². The Morgan fingerprint density at radius 2 is 1.03 bits per heavy atom. The van der Waals surface area contributed by atoms with Gasteiger partial charge in [-0.1, -0.05) is 117 Å². The maximum atomic E-state index is 2.58. The monoisotopic (exact) mass is 419 g/mol. The summed E-state index contributed by atoms with van der Waals surface area (Å²) in [5.41, 5.74) is 0. The normalized spacial score (nSPS) is 11.4. The van der Waals surface area contributed by atoms with Crippen LogP contribution in [-0.2, 0) is 19.5 Å². The molecule has 1 aromatic heterocycles. The lowest BCUT2D eigenvalue weighted by atomic mass is 10.1. The Bertz CT molecular complexity index is 477. The molecule has 2 heteroatoms. The van der Waals surface area contributed by atoms with Gasteiger partial charge in [0.2, 0.25) is 0 Å². The molecule has 0 radical (unpaired) electrons. The predicted molar refractivity (Wildman–Crippen MR) is 133 cm³/mol. The average molecular weight is 420 g/mol. The maximum absolute atomic E-state index is 2.58. The molecule has 30 heavy (non-hydrogen) atoms. The molecule has 0 fully saturated rings. The van der Waals surface area contributed by atoms with E-state index >= 15 is 0 Å². The van der Waals surface area contributed by atoms with E-state index in [4.69, 9.17) is 0 Å². The predicted octanol–water partition coefficient (Wildman–Crippen LogP) is 8.79. The number of hydrogen-bond acceptors (Lipinski definition) is 0. The highest BCUT2D eigenvalue weighted by Gasteiger charge is 2.16. The molecule has 1 heterocycles. The second-order valence-corrected chi connectivity index (χ2v) is 9.51. The van der Waals surface area contributed by atoms with Gasteiger partial charge in [-0.25, -0.2) is 9.13 Å². The van der Waals surface area contributed by atoms with E-state index in [1.165, 1.54) is 142 Å². The lowest BCUT2D eigenvalue weighted by Crippen LogP contribution is -2.37. The molecule has 0 aliphatic heterocycles. The highest BCUT2D eigenvalue weighted by molar-refractivity contribution is 4.84. The summed E-state index contributed by atoms with van der Waals surface area (Å²) in [7, 11) is 0. The summed E-state index contributed by atoms with van der Waals surface area (Å²) in [6.07, 6.45) is 32.6. The molecule has 176 valence electrons. The molecule has 0 amide bonds. The quantitative estimate of drug-likeness (QED) is 0.131. The van der Waals surface area contributed by atoms with Gasteiger partial charge < -0.3 is 0 Å². The lowest BCUT2D eigenvalue weighted by molar-refractivity contribution is -0.704. The van der Waals surface area contributed by atoms with Crippen LogP contribution in [0, 0.1) is 0 Å². The van der Waals surface area contributed by atoms with E-state index in [1.54, 1.807) is 5.82 Å². The van der Waals surface area contributed by atoms with Crippen molar-refractivity contribution in [2.24, 2.45) is 0 Å². The van der Waals surface area contributed by atoms with Crippen molar-refractivity contribution in [3.05, 3.63) is 18.2 Å². The Morgan fingerprint density at radius 3 is 1.57 bits per heavy atom. The van der Waals surface area contributed by atoms with Gasteiger partial charge in [-0.15, -0.1) is 0 Å². The molecule has 1 rings (SSSR count). The molecule has 0 aliphatic carbocycles. The number of nitrogens with zero attached hydrogens (tertiary/aromatic N) is 2. The van der Waals surface area contributed by atoms with Gasteiger partial charge in [-0.2, -0.15) is 0 Å². The molecule has 0 aromatic carbocycles. The van der Waals surface area contributed by atoms with Crippen molar-refractivity contribution in [1.29, 1.82) is 0 Å². The second kappa shape index (κ2) is 20.1. The molecule has 0 unspecified atom stereocenters. The number of imidazole rings is 1. The number of aromatic nitrogens is 2. The number of rotatable bonds is 22. The van der Waals surface area contributed by atoms with Crippen LogP contribution in [0.2, 0.25) is 0 Å². The van der Waals surface area contributed by atoms with Crippen LogP contribution in [0.4, 0.5) is 0 Å². The molecule has 0 atom stereocenters. The van der Waals surface area contributed by atoms with Crippen LogP contribution in [0.5, 0.6) is 0 Å². The van der Waals surface area contributed by atoms with Crippen molar-refractivity contribution in [2.75, 3.05) is 0 Å². The summed E-state index contributed by atoms with van der Waals surface area (Å²) in [5, 5.41) is 0. The van der Waals surface area contributed by atoms with Crippen LogP contribution in [0.1, 0.15) is 149 Å². The minimum atomic E-state index is 1.20. The van der Waals surface area contributed by atoms with E-state index in [1.807, 2.05) is 0 Å². The van der Waals surface area contributed by atoms with Gasteiger partial charge in [0.05, 0.1) is 13.1 Å². The van der Waals surface area contributed by atoms with Crippen molar-refractivity contribution in [3.8, 4) is 0 Å². The fourth-order valence-corrected chi connectivity index (χ4v) is 4.53. The zero-order chi connectivity index (χ0) is 21.7. The summed E-state index contributed by atoms with van der Waals surface area (Å²) in [4.78, 5) is 0. The zero-order valence-electron chi connectivity index (χ0n) is 21.1. The molecule has 0 saturated carbocycles. The standard InChI is InChI=1S/C28H55N2/c1-4-7-10-12-14-15-16-17-18-19-21-23-28-29(24-9-6-3)26-27-30(28)25-22-20-13-11-8-5-2/h26-27H,4-25H2,1-3H3/q+1. The van der Waals surface area contributed by atoms with Gasteiger partial charge in [-0.3, -0.25) is 0 Å². The third-order valence-electron chi connectivity index (χ3n) is 6.60. The molecular weight excluding hydrogens is 364 g/mol. The van der Waals surface area contributed by atoms with Crippen LogP contribution in [0.15, 0.2) is 12.4 Å². The van der Waals surface area contributed by atoms with E-state index < -0.39 is 0 Å². The molecule has 0 saturated heterocycles. The minimum absolute atomic E-state index is 1.20. The summed E-state index contributed by atoms with van der Waals surface area (Å²) < 4.78 is 5.13. The van der Waals surface area contributed by atoms with Gasteiger partial charge in [0.1, 0.15) is 12.4 Å². The second-order valence-electron chi connectivity index (χ2n) is 9.51. The highest BCUT2D eigenvalue weighted by Crippen LogP contribution is 2.13. The molecule has 0 spiro atoms. The van der Waals surface area contributed by atoms with Gasteiger partial charge in [0.25, 0.3) is 5.82 Å². The average Bonchev–Trinajstić information content (AvgIpc) is 3.14. The Kier molecular flexibility index (Phi) is 18.3. The van der Waals surface area contributed by atoms with E-state index in [-0.39, 0.29) is 0 Å². The van der Waals surface area contributed by atoms with Crippen molar-refractivity contribution in [1.82, 2.24) is 4.57 Å². The Hall–Kier alpha value is -0.790. The number of hydrogen-bond donors (Lipinski definition) is 0. The lowest BCUT2D eigenvalue weighted by Gasteiger charge is -2.06. The fraction of sp³-hybridized carbons (Fsp3) is 0.893. The summed E-state index contributed by atoms with van der Waals surface area (Å²) in [5.74, 6) is 1.59. The Morgan fingerprint density at radius 1 is 0.567 bits per heavy atom. The van der Waals surface area contributed by atoms with E-state index in [0.29, 0.717) is 0 Å². The van der Waals surface area contributed by atoms with Crippen LogP contribution < -0.4 is 4.57 Å². The van der Waals surface area contributed by atoms with E-state index in [2.05, 4.69) is 42.3 Å². The molecule has 0 bridgehead atoms. The van der Waals surface area contributed by atoms with Gasteiger partial charge >= 0.3 is 0 Å². The van der Waals surface area contributed by atoms with Crippen LogP contribution >= 0.6 is 0 Å². The maximum Gasteiger partial charge on any atom is 0.256 e. The van der Waals surface area contributed by atoms with E-state index in [0.717, 1.165) is 0 Å². The third kappa shape index (κ3) is 13.5. The van der Waals surface area contributed by atoms with E-state index in [9.17, 15) is 0 Å². The summed E-state index contributed by atoms with van der Waals surface area (Å²) in [6.45, 7) is 9.33. The molecule has 0 N–H and O–H groups in total. The first kappa shape index (κ1) is 27.2. The minimum Gasteiger partial charge on any atom is -0.234 e. The first-order valence-corrected chi connectivity index (χ1v) is 13.9. The summed E-state index contributed by atoms with van der Waals surface area (Å²) in [6, 6.07) is 0. The molecule has 1 aromatic rings. The number of unbranched alkanes of at least 4 members (excludes halogenated alkanes) is 16. The molecular formula is C28H55N2+. The largest absolute Gasteiger partial charge is 0.256 e. The van der Waals surface area contributed by atoms with Crippen molar-refractivity contribution >= 4 is 0 Å². The topological polar surface area (TPSA) is 8.81 Å². The smallest absolute Gasteiger partial charge is 0.234 e. The van der Waals surface area contributed by atoms with Crippen LogP contribution in [-0.4, -0.2) is 4.57 Å². The Balaban J connectivity index is 2.24. The van der Waals surface area contributed by atoms with Crippen LogP contribution in [0.25, 0.3) is 0 Å². The van der Waals surface area contributed by atoms with Crippen molar-refractivity contribution in [3.63, 3.8) is 0 Å². The van der Waals surface area contributed by atoms with Gasteiger partial charge in [0.15, 0.2) is 0 Å². The van der Waals surface area contributed by atoms with Crippen molar-refractivity contribution < 1.29 is 4.57 Å². The zero-order valence-corrected chi connectivity index (χ0v) is 21.1. The SMILES string of the molecule is CCCCCCCCCCCCCc1n(CCCCCCCC)cc[n+]1CCCC. The first-order chi connectivity index (χ1) is 14.8. The number of aryl methyl sites for hydroxylation is 2. The van der Waals surface area contributed by atoms with Gasteiger partial charge in [-0.05, 0) is 25.7 Å². The molecule has 0 aliphatic rings. The van der Waals surface area contributed by atoms with Crippen molar-refractivity contribution in [2.45, 2.75) is 162 Å². The Labute approximate surface area is 189 Å². The summed E-state index contributed by atoms with van der Waals surface area (Å²) >= 11 is 0. The first-order valence-electron chi connectivity index (χ1n) is 13.9. The highest BCUT2D eigenvalue weighted by atomic mass is 15.1. The van der Waals surface area contributed by atoms with Gasteiger partial charge in [0, 0.05) is 6.42 Å². The molecule has 2 nitrogen and oxygen atoms in total. The third-order valence-corrected chi connectivity index (χ3v) is 6.60.